The number of carbonyl (C=O) groups excluding carboxylic acids is 1. The van der Waals surface area contributed by atoms with Gasteiger partial charge in [-0.15, -0.1) is 0 Å². The molecule has 142 valence electrons. The number of carbonyl (C=O) groups is 1. The number of hydrogen-bond acceptors (Lipinski definition) is 4. The van der Waals surface area contributed by atoms with Crippen LogP contribution in [-0.4, -0.2) is 51.3 Å². The molecule has 0 aromatic heterocycles. The largest absolute Gasteiger partial charge is 0.497 e. The van der Waals surface area contributed by atoms with E-state index >= 15 is 0 Å². The molecule has 1 saturated heterocycles. The summed E-state index contributed by atoms with van der Waals surface area (Å²) in [6.07, 6.45) is 0. The molecule has 0 atom stereocenters. The van der Waals surface area contributed by atoms with Crippen LogP contribution in [0.25, 0.3) is 0 Å². The minimum Gasteiger partial charge on any atom is -0.497 e. The van der Waals surface area contributed by atoms with Crippen molar-refractivity contribution < 1.29 is 14.3 Å². The predicted octanol–water partition coefficient (Wildman–Crippen LogP) is 2.75. The van der Waals surface area contributed by atoms with E-state index in [0.717, 1.165) is 36.6 Å². The van der Waals surface area contributed by atoms with Crippen molar-refractivity contribution in [2.24, 2.45) is 0 Å². The summed E-state index contributed by atoms with van der Waals surface area (Å²) < 4.78 is 10.4. The SMILES string of the molecule is COCCN1CC2(C1)C(=O)N(Cc1ccc(OC)cc1)c1cc(C)ccc12. The van der Waals surface area contributed by atoms with Crippen LogP contribution in [0.5, 0.6) is 5.75 Å². The molecule has 0 bridgehead atoms. The summed E-state index contributed by atoms with van der Waals surface area (Å²) in [7, 11) is 3.37. The van der Waals surface area contributed by atoms with Gasteiger partial charge in [0.1, 0.15) is 11.2 Å². The van der Waals surface area contributed by atoms with E-state index in [2.05, 4.69) is 30.0 Å². The second-order valence-corrected chi connectivity index (χ2v) is 7.55. The Morgan fingerprint density at radius 3 is 2.48 bits per heavy atom. The maximum atomic E-state index is 13.5. The molecule has 2 aromatic rings. The number of methoxy groups -OCH3 is 2. The third-order valence-electron chi connectivity index (χ3n) is 5.71. The number of anilines is 1. The van der Waals surface area contributed by atoms with E-state index in [1.165, 1.54) is 11.1 Å². The summed E-state index contributed by atoms with van der Waals surface area (Å²) >= 11 is 0. The van der Waals surface area contributed by atoms with E-state index in [1.807, 2.05) is 29.2 Å². The number of fused-ring (bicyclic) bond motifs is 2. The zero-order valence-electron chi connectivity index (χ0n) is 16.2. The topological polar surface area (TPSA) is 42.0 Å². The van der Waals surface area contributed by atoms with Crippen LogP contribution in [-0.2, 0) is 21.5 Å². The molecule has 2 aliphatic rings. The highest BCUT2D eigenvalue weighted by molar-refractivity contribution is 6.09. The molecular weight excluding hydrogens is 340 g/mol. The lowest BCUT2D eigenvalue weighted by Gasteiger charge is -2.46. The average molecular weight is 366 g/mol. The van der Waals surface area contributed by atoms with Crippen LogP contribution >= 0.6 is 0 Å². The van der Waals surface area contributed by atoms with Gasteiger partial charge in [0.15, 0.2) is 0 Å². The Morgan fingerprint density at radius 1 is 1.07 bits per heavy atom. The Hall–Kier alpha value is -2.37. The number of rotatable bonds is 6. The molecule has 0 unspecified atom stereocenters. The van der Waals surface area contributed by atoms with Crippen molar-refractivity contribution in [3.63, 3.8) is 0 Å². The third kappa shape index (κ3) is 3.01. The van der Waals surface area contributed by atoms with Crippen molar-refractivity contribution in [3.8, 4) is 5.75 Å². The molecule has 0 saturated carbocycles. The first-order valence-electron chi connectivity index (χ1n) is 9.35. The highest BCUT2D eigenvalue weighted by Gasteiger charge is 2.57. The molecule has 1 spiro atoms. The van der Waals surface area contributed by atoms with Crippen molar-refractivity contribution in [3.05, 3.63) is 59.2 Å². The lowest BCUT2D eigenvalue weighted by molar-refractivity contribution is -0.129. The molecule has 0 aliphatic carbocycles. The lowest BCUT2D eigenvalue weighted by Crippen LogP contribution is -2.64. The van der Waals surface area contributed by atoms with E-state index in [0.29, 0.717) is 13.2 Å². The monoisotopic (exact) mass is 366 g/mol. The van der Waals surface area contributed by atoms with Gasteiger partial charge in [0, 0.05) is 32.4 Å². The van der Waals surface area contributed by atoms with Crippen LogP contribution in [0.3, 0.4) is 0 Å². The Labute approximate surface area is 160 Å². The number of hydrogen-bond donors (Lipinski definition) is 0. The van der Waals surface area contributed by atoms with Gasteiger partial charge in [0.25, 0.3) is 0 Å². The van der Waals surface area contributed by atoms with E-state index in [1.54, 1.807) is 14.2 Å². The molecule has 2 heterocycles. The fraction of sp³-hybridized carbons (Fsp3) is 0.409. The Kier molecular flexibility index (Phi) is 4.66. The average Bonchev–Trinajstić information content (AvgIpc) is 2.88. The summed E-state index contributed by atoms with van der Waals surface area (Å²) in [4.78, 5) is 17.7. The fourth-order valence-electron chi connectivity index (χ4n) is 4.22. The van der Waals surface area contributed by atoms with E-state index in [9.17, 15) is 4.79 Å². The number of nitrogens with zero attached hydrogens (tertiary/aromatic N) is 2. The summed E-state index contributed by atoms with van der Waals surface area (Å²) in [5.41, 5.74) is 4.10. The molecule has 2 aromatic carbocycles. The quantitative estimate of drug-likeness (QED) is 0.788. The van der Waals surface area contributed by atoms with E-state index in [4.69, 9.17) is 9.47 Å². The molecule has 4 rings (SSSR count). The summed E-state index contributed by atoms with van der Waals surface area (Å²) in [5.74, 6) is 1.04. The minimum atomic E-state index is -0.400. The number of likely N-dealkylation sites (tertiary alicyclic amines) is 1. The smallest absolute Gasteiger partial charge is 0.240 e. The standard InChI is InChI=1S/C22H26N2O3/c1-16-4-9-19-20(12-16)24(13-17-5-7-18(27-3)8-6-17)21(25)22(19)14-23(15-22)10-11-26-2/h4-9,12H,10-11,13-15H2,1-3H3. The first-order chi connectivity index (χ1) is 13.1. The van der Waals surface area contributed by atoms with Gasteiger partial charge in [-0.25, -0.2) is 0 Å². The van der Waals surface area contributed by atoms with Gasteiger partial charge in [-0.1, -0.05) is 24.3 Å². The second-order valence-electron chi connectivity index (χ2n) is 7.55. The van der Waals surface area contributed by atoms with E-state index < -0.39 is 5.41 Å². The summed E-state index contributed by atoms with van der Waals surface area (Å²) in [5, 5.41) is 0. The van der Waals surface area contributed by atoms with Crippen molar-refractivity contribution in [2.45, 2.75) is 18.9 Å². The van der Waals surface area contributed by atoms with Gasteiger partial charge in [0.2, 0.25) is 5.91 Å². The van der Waals surface area contributed by atoms with Crippen molar-refractivity contribution >= 4 is 11.6 Å². The van der Waals surface area contributed by atoms with Crippen LogP contribution in [0.15, 0.2) is 42.5 Å². The van der Waals surface area contributed by atoms with Gasteiger partial charge in [-0.3, -0.25) is 9.69 Å². The first-order valence-corrected chi connectivity index (χ1v) is 9.35. The molecule has 27 heavy (non-hydrogen) atoms. The highest BCUT2D eigenvalue weighted by Crippen LogP contribution is 2.48. The predicted molar refractivity (Wildman–Crippen MR) is 105 cm³/mol. The highest BCUT2D eigenvalue weighted by atomic mass is 16.5. The van der Waals surface area contributed by atoms with Crippen LogP contribution in [0.1, 0.15) is 16.7 Å². The number of aryl methyl sites for hydroxylation is 1. The molecule has 0 radical (unpaired) electrons. The Bertz CT molecular complexity index is 841. The molecule has 1 amide bonds. The molecule has 5 heteroatoms. The van der Waals surface area contributed by atoms with Gasteiger partial charge < -0.3 is 14.4 Å². The van der Waals surface area contributed by atoms with Gasteiger partial charge in [0.05, 0.1) is 20.3 Å². The molecular formula is C22H26N2O3. The normalized spacial score (nSPS) is 17.9. The zero-order valence-corrected chi connectivity index (χ0v) is 16.2. The number of amides is 1. The molecule has 1 fully saturated rings. The van der Waals surface area contributed by atoms with Crippen molar-refractivity contribution in [2.75, 3.05) is 45.4 Å². The van der Waals surface area contributed by atoms with Crippen molar-refractivity contribution in [1.82, 2.24) is 4.90 Å². The molecule has 0 N–H and O–H groups in total. The van der Waals surface area contributed by atoms with Crippen LogP contribution in [0.4, 0.5) is 5.69 Å². The second kappa shape index (κ2) is 6.98. The maximum absolute atomic E-state index is 13.5. The zero-order chi connectivity index (χ0) is 19.0. The molecule has 2 aliphatic heterocycles. The van der Waals surface area contributed by atoms with Gasteiger partial charge in [-0.05, 0) is 41.8 Å². The van der Waals surface area contributed by atoms with Gasteiger partial charge >= 0.3 is 0 Å². The minimum absolute atomic E-state index is 0.215. The van der Waals surface area contributed by atoms with Gasteiger partial charge in [-0.2, -0.15) is 0 Å². The lowest BCUT2D eigenvalue weighted by atomic mass is 9.74. The number of benzene rings is 2. The summed E-state index contributed by atoms with van der Waals surface area (Å²) in [6, 6.07) is 14.3. The first kappa shape index (κ1) is 18.0. The van der Waals surface area contributed by atoms with Crippen LogP contribution < -0.4 is 9.64 Å². The summed E-state index contributed by atoms with van der Waals surface area (Å²) in [6.45, 7) is 5.76. The van der Waals surface area contributed by atoms with Crippen LogP contribution in [0.2, 0.25) is 0 Å². The Balaban J connectivity index is 1.61. The van der Waals surface area contributed by atoms with Crippen molar-refractivity contribution in [1.29, 1.82) is 0 Å². The molecule has 5 nitrogen and oxygen atoms in total. The maximum Gasteiger partial charge on any atom is 0.240 e. The Morgan fingerprint density at radius 2 is 1.81 bits per heavy atom. The van der Waals surface area contributed by atoms with Crippen LogP contribution in [0, 0.1) is 6.92 Å². The third-order valence-corrected chi connectivity index (χ3v) is 5.71. The fourth-order valence-corrected chi connectivity index (χ4v) is 4.22. The van der Waals surface area contributed by atoms with E-state index in [-0.39, 0.29) is 5.91 Å². The number of ether oxygens (including phenoxy) is 2.